The van der Waals surface area contributed by atoms with Crippen LogP contribution in [0.3, 0.4) is 0 Å². The summed E-state index contributed by atoms with van der Waals surface area (Å²) in [5.41, 5.74) is 5.30. The zero-order chi connectivity index (χ0) is 15.8. The fourth-order valence-corrected chi connectivity index (χ4v) is 3.27. The Morgan fingerprint density at radius 2 is 1.81 bits per heavy atom. The number of nitrogens with one attached hydrogen (secondary N) is 1. The molecule has 1 fully saturated rings. The third-order valence-corrected chi connectivity index (χ3v) is 5.17. The Labute approximate surface area is 130 Å². The molecule has 0 bridgehead atoms. The van der Waals surface area contributed by atoms with E-state index < -0.39 is 5.41 Å². The van der Waals surface area contributed by atoms with Crippen molar-refractivity contribution in [2.45, 2.75) is 77.7 Å². The quantitative estimate of drug-likeness (QED) is 0.688. The van der Waals surface area contributed by atoms with Gasteiger partial charge in [0.05, 0.1) is 11.0 Å². The first-order valence-corrected chi connectivity index (χ1v) is 8.70. The standard InChI is InChI=1S/C17H34N2O2/c1-4-12-21-17(10-8-7-9-11-17)14-19-15(20)16(5-2,6-3)13-18/h4-14,18H2,1-3H3,(H,19,20). The summed E-state index contributed by atoms with van der Waals surface area (Å²) in [6.45, 7) is 8.03. The molecule has 0 unspecified atom stereocenters. The number of amides is 1. The molecule has 0 heterocycles. The van der Waals surface area contributed by atoms with Gasteiger partial charge in [-0.3, -0.25) is 4.79 Å². The number of nitrogens with two attached hydrogens (primary N) is 1. The molecule has 124 valence electrons. The molecule has 1 amide bonds. The maximum Gasteiger partial charge on any atom is 0.227 e. The van der Waals surface area contributed by atoms with Crippen molar-refractivity contribution in [1.82, 2.24) is 5.32 Å². The second kappa shape index (κ2) is 8.74. The SMILES string of the molecule is CCCOC1(CNC(=O)C(CC)(CC)CN)CCCCC1. The number of carbonyl (C=O) groups excluding carboxylic acids is 1. The maximum atomic E-state index is 12.6. The highest BCUT2D eigenvalue weighted by Gasteiger charge is 2.37. The Balaban J connectivity index is 2.65. The van der Waals surface area contributed by atoms with Gasteiger partial charge in [-0.2, -0.15) is 0 Å². The van der Waals surface area contributed by atoms with Gasteiger partial charge >= 0.3 is 0 Å². The van der Waals surface area contributed by atoms with Gasteiger partial charge in [0.25, 0.3) is 0 Å². The van der Waals surface area contributed by atoms with Crippen LogP contribution in [0.15, 0.2) is 0 Å². The molecule has 4 heteroatoms. The smallest absolute Gasteiger partial charge is 0.227 e. The van der Waals surface area contributed by atoms with Crippen molar-refractivity contribution in [1.29, 1.82) is 0 Å². The second-order valence-corrected chi connectivity index (χ2v) is 6.47. The number of hydrogen-bond donors (Lipinski definition) is 2. The first-order valence-electron chi connectivity index (χ1n) is 8.70. The average molecular weight is 298 g/mol. The number of carbonyl (C=O) groups is 1. The lowest BCUT2D eigenvalue weighted by Crippen LogP contribution is -2.52. The van der Waals surface area contributed by atoms with Gasteiger partial charge in [0.2, 0.25) is 5.91 Å². The maximum absolute atomic E-state index is 12.6. The fourth-order valence-electron chi connectivity index (χ4n) is 3.27. The molecule has 0 spiro atoms. The van der Waals surface area contributed by atoms with Crippen molar-refractivity contribution in [3.05, 3.63) is 0 Å². The van der Waals surface area contributed by atoms with Crippen molar-refractivity contribution in [2.24, 2.45) is 11.1 Å². The third kappa shape index (κ3) is 4.68. The van der Waals surface area contributed by atoms with Gasteiger partial charge in [-0.05, 0) is 32.1 Å². The van der Waals surface area contributed by atoms with E-state index in [0.717, 1.165) is 38.7 Å². The van der Waals surface area contributed by atoms with Gasteiger partial charge in [0.1, 0.15) is 0 Å². The highest BCUT2D eigenvalue weighted by Crippen LogP contribution is 2.32. The van der Waals surface area contributed by atoms with E-state index in [0.29, 0.717) is 13.1 Å². The van der Waals surface area contributed by atoms with Crippen molar-refractivity contribution < 1.29 is 9.53 Å². The molecule has 1 saturated carbocycles. The molecule has 1 aliphatic rings. The van der Waals surface area contributed by atoms with Gasteiger partial charge in [-0.25, -0.2) is 0 Å². The van der Waals surface area contributed by atoms with Crippen LogP contribution in [0.4, 0.5) is 0 Å². The predicted molar refractivity (Wildman–Crippen MR) is 87.1 cm³/mol. The van der Waals surface area contributed by atoms with Crippen molar-refractivity contribution >= 4 is 5.91 Å². The normalized spacial score (nSPS) is 18.5. The highest BCUT2D eigenvalue weighted by molar-refractivity contribution is 5.82. The Bertz CT molecular complexity index is 300. The molecule has 0 aromatic carbocycles. The van der Waals surface area contributed by atoms with Crippen LogP contribution in [0.1, 0.15) is 72.1 Å². The van der Waals surface area contributed by atoms with Gasteiger partial charge in [-0.15, -0.1) is 0 Å². The van der Waals surface area contributed by atoms with Crippen LogP contribution in [0.25, 0.3) is 0 Å². The zero-order valence-electron chi connectivity index (χ0n) is 14.2. The van der Waals surface area contributed by atoms with E-state index in [-0.39, 0.29) is 11.5 Å². The van der Waals surface area contributed by atoms with Crippen molar-refractivity contribution in [3.63, 3.8) is 0 Å². The van der Waals surface area contributed by atoms with E-state index in [4.69, 9.17) is 10.5 Å². The van der Waals surface area contributed by atoms with Crippen molar-refractivity contribution in [2.75, 3.05) is 19.7 Å². The monoisotopic (exact) mass is 298 g/mol. The van der Waals surface area contributed by atoms with Crippen LogP contribution >= 0.6 is 0 Å². The highest BCUT2D eigenvalue weighted by atomic mass is 16.5. The molecule has 1 aliphatic carbocycles. The first kappa shape index (κ1) is 18.4. The Hall–Kier alpha value is -0.610. The summed E-state index contributed by atoms with van der Waals surface area (Å²) in [4.78, 5) is 12.6. The first-order chi connectivity index (χ1) is 10.1. The minimum Gasteiger partial charge on any atom is -0.373 e. The van der Waals surface area contributed by atoms with E-state index in [1.165, 1.54) is 19.3 Å². The summed E-state index contributed by atoms with van der Waals surface area (Å²) >= 11 is 0. The van der Waals surface area contributed by atoms with Crippen LogP contribution in [0.5, 0.6) is 0 Å². The van der Waals surface area contributed by atoms with Crippen molar-refractivity contribution in [3.8, 4) is 0 Å². The lowest BCUT2D eigenvalue weighted by molar-refractivity contribution is -0.134. The number of ether oxygens (including phenoxy) is 1. The molecule has 0 radical (unpaired) electrons. The summed E-state index contributed by atoms with van der Waals surface area (Å²) in [5.74, 6) is 0.0973. The lowest BCUT2D eigenvalue weighted by Gasteiger charge is -2.39. The number of rotatable bonds is 9. The molecule has 0 aromatic heterocycles. The van der Waals surface area contributed by atoms with E-state index >= 15 is 0 Å². The summed E-state index contributed by atoms with van der Waals surface area (Å²) in [5, 5.41) is 3.15. The summed E-state index contributed by atoms with van der Waals surface area (Å²) in [7, 11) is 0. The Morgan fingerprint density at radius 3 is 2.29 bits per heavy atom. The minimum atomic E-state index is -0.416. The molecule has 3 N–H and O–H groups in total. The molecular formula is C17H34N2O2. The van der Waals surface area contributed by atoms with Crippen LogP contribution in [-0.2, 0) is 9.53 Å². The van der Waals surface area contributed by atoms with Gasteiger partial charge < -0.3 is 15.8 Å². The molecule has 0 aromatic rings. The van der Waals surface area contributed by atoms with Gasteiger partial charge in [-0.1, -0.05) is 40.0 Å². The van der Waals surface area contributed by atoms with E-state index in [9.17, 15) is 4.79 Å². The predicted octanol–water partition coefficient (Wildman–Crippen LogP) is 3.00. The molecule has 0 saturated heterocycles. The van der Waals surface area contributed by atoms with Gasteiger partial charge in [0.15, 0.2) is 0 Å². The average Bonchev–Trinajstić information content (AvgIpc) is 2.54. The van der Waals surface area contributed by atoms with Crippen LogP contribution < -0.4 is 11.1 Å². The third-order valence-electron chi connectivity index (χ3n) is 5.17. The largest absolute Gasteiger partial charge is 0.373 e. The molecule has 1 rings (SSSR count). The summed E-state index contributed by atoms with van der Waals surface area (Å²) in [6, 6.07) is 0. The molecule has 21 heavy (non-hydrogen) atoms. The topological polar surface area (TPSA) is 64.3 Å². The van der Waals surface area contributed by atoms with Crippen LogP contribution in [-0.4, -0.2) is 31.2 Å². The fraction of sp³-hybridized carbons (Fsp3) is 0.941. The van der Waals surface area contributed by atoms with Gasteiger partial charge in [0, 0.05) is 19.7 Å². The van der Waals surface area contributed by atoms with Crippen LogP contribution in [0.2, 0.25) is 0 Å². The minimum absolute atomic E-state index is 0.0973. The molecule has 4 nitrogen and oxygen atoms in total. The molecular weight excluding hydrogens is 264 g/mol. The Kier molecular flexibility index (Phi) is 7.67. The molecule has 0 aliphatic heterocycles. The number of hydrogen-bond acceptors (Lipinski definition) is 3. The molecule has 0 atom stereocenters. The summed E-state index contributed by atoms with van der Waals surface area (Å²) in [6.07, 6.45) is 8.38. The second-order valence-electron chi connectivity index (χ2n) is 6.47. The summed E-state index contributed by atoms with van der Waals surface area (Å²) < 4.78 is 6.14. The van der Waals surface area contributed by atoms with E-state index in [2.05, 4.69) is 12.2 Å². The van der Waals surface area contributed by atoms with E-state index in [1.807, 2.05) is 13.8 Å². The lowest BCUT2D eigenvalue weighted by atomic mass is 9.80. The Morgan fingerprint density at radius 1 is 1.19 bits per heavy atom. The zero-order valence-corrected chi connectivity index (χ0v) is 14.2. The van der Waals surface area contributed by atoms with Crippen LogP contribution in [0, 0.1) is 5.41 Å². The van der Waals surface area contributed by atoms with E-state index in [1.54, 1.807) is 0 Å².